The van der Waals surface area contributed by atoms with Gasteiger partial charge in [-0.15, -0.1) is 0 Å². The Bertz CT molecular complexity index is 509. The van der Waals surface area contributed by atoms with Crippen LogP contribution in [0.1, 0.15) is 70.8 Å². The molecule has 1 aliphatic heterocycles. The number of ether oxygens (including phenoxy) is 1. The predicted molar refractivity (Wildman–Crippen MR) is 102 cm³/mol. The second-order valence-corrected chi connectivity index (χ2v) is 7.67. The van der Waals surface area contributed by atoms with Gasteiger partial charge in [0.1, 0.15) is 11.9 Å². The van der Waals surface area contributed by atoms with Crippen molar-refractivity contribution in [3.05, 3.63) is 23.8 Å². The molecule has 134 valence electrons. The van der Waals surface area contributed by atoms with Gasteiger partial charge in [-0.05, 0) is 50.3 Å². The third-order valence-electron chi connectivity index (χ3n) is 5.48. The van der Waals surface area contributed by atoms with E-state index in [2.05, 4.69) is 42.7 Å². The minimum Gasteiger partial charge on any atom is -0.486 e. The summed E-state index contributed by atoms with van der Waals surface area (Å²) in [6, 6.07) is 7.89. The van der Waals surface area contributed by atoms with Gasteiger partial charge in [0.25, 0.3) is 0 Å². The van der Waals surface area contributed by atoms with E-state index in [1.165, 1.54) is 50.5 Å². The molecule has 0 radical (unpaired) electrons. The van der Waals surface area contributed by atoms with Gasteiger partial charge in [-0.3, -0.25) is 0 Å². The lowest BCUT2D eigenvalue weighted by molar-refractivity contribution is 0.202. The molecule has 1 heterocycles. The first kappa shape index (κ1) is 17.6. The molecule has 3 nitrogen and oxygen atoms in total. The lowest BCUT2D eigenvalue weighted by Crippen LogP contribution is -2.38. The highest BCUT2D eigenvalue weighted by Gasteiger charge is 2.19. The first-order valence-corrected chi connectivity index (χ1v) is 10.0. The number of rotatable bonds is 5. The van der Waals surface area contributed by atoms with Crippen LogP contribution < -0.4 is 15.4 Å². The van der Waals surface area contributed by atoms with Crippen molar-refractivity contribution in [2.45, 2.75) is 89.8 Å². The first-order valence-electron chi connectivity index (χ1n) is 10.0. The largest absolute Gasteiger partial charge is 0.486 e. The van der Waals surface area contributed by atoms with Gasteiger partial charge in [-0.1, -0.05) is 45.1 Å². The number of hydrogen-bond acceptors (Lipinski definition) is 3. The lowest BCUT2D eigenvalue weighted by Gasteiger charge is -2.28. The van der Waals surface area contributed by atoms with Gasteiger partial charge in [0, 0.05) is 12.1 Å². The van der Waals surface area contributed by atoms with E-state index in [0.29, 0.717) is 18.2 Å². The molecule has 2 aliphatic rings. The Hall–Kier alpha value is -1.22. The van der Waals surface area contributed by atoms with Crippen molar-refractivity contribution in [2.24, 2.45) is 0 Å². The average molecular weight is 331 g/mol. The summed E-state index contributed by atoms with van der Waals surface area (Å²) < 4.78 is 6.01. The van der Waals surface area contributed by atoms with Crippen LogP contribution >= 0.6 is 0 Å². The number of fused-ring (bicyclic) bond motifs is 1. The van der Waals surface area contributed by atoms with E-state index in [1.807, 2.05) is 0 Å². The Morgan fingerprint density at radius 2 is 1.92 bits per heavy atom. The van der Waals surface area contributed by atoms with Gasteiger partial charge >= 0.3 is 0 Å². The van der Waals surface area contributed by atoms with Crippen LogP contribution in [0.25, 0.3) is 0 Å². The molecular weight excluding hydrogens is 296 g/mol. The summed E-state index contributed by atoms with van der Waals surface area (Å²) in [5.41, 5.74) is 2.56. The molecular formula is C21H34N2O. The highest BCUT2D eigenvalue weighted by atomic mass is 16.5. The average Bonchev–Trinajstić information content (AvgIpc) is 2.56. The van der Waals surface area contributed by atoms with Crippen molar-refractivity contribution in [1.82, 2.24) is 5.32 Å². The highest BCUT2D eigenvalue weighted by molar-refractivity contribution is 5.59. The molecule has 2 N–H and O–H groups in total. The van der Waals surface area contributed by atoms with Crippen LogP contribution in [0.2, 0.25) is 0 Å². The summed E-state index contributed by atoms with van der Waals surface area (Å²) in [6.45, 7) is 5.42. The van der Waals surface area contributed by atoms with Crippen molar-refractivity contribution < 1.29 is 4.74 Å². The zero-order chi connectivity index (χ0) is 16.8. The van der Waals surface area contributed by atoms with Crippen molar-refractivity contribution >= 4 is 5.69 Å². The molecule has 3 heteroatoms. The third-order valence-corrected chi connectivity index (χ3v) is 5.48. The standard InChI is InChI=1S/C21H34N2O/c1-3-19-15-22-20-14-17(11-12-21(20)24-19)13-16(2)23-18-9-7-5-4-6-8-10-18/h11-12,14,16,18-19,22-23H,3-10,13,15H2,1-2H3. The summed E-state index contributed by atoms with van der Waals surface area (Å²) in [5.74, 6) is 1.01. The molecule has 3 rings (SSSR count). The smallest absolute Gasteiger partial charge is 0.142 e. The highest BCUT2D eigenvalue weighted by Crippen LogP contribution is 2.31. The van der Waals surface area contributed by atoms with Gasteiger partial charge in [0.05, 0.1) is 12.2 Å². The number of anilines is 1. The van der Waals surface area contributed by atoms with Crippen molar-refractivity contribution in [3.63, 3.8) is 0 Å². The van der Waals surface area contributed by atoms with Gasteiger partial charge in [0.15, 0.2) is 0 Å². The summed E-state index contributed by atoms with van der Waals surface area (Å²) in [7, 11) is 0. The SMILES string of the molecule is CCC1CNc2cc(CC(C)NC3CCCCCCC3)ccc2O1. The van der Waals surface area contributed by atoms with Crippen LogP contribution in [-0.2, 0) is 6.42 Å². The van der Waals surface area contributed by atoms with Crippen LogP contribution in [0.5, 0.6) is 5.75 Å². The maximum Gasteiger partial charge on any atom is 0.142 e. The molecule has 0 saturated heterocycles. The fourth-order valence-corrected chi connectivity index (χ4v) is 4.06. The number of nitrogens with one attached hydrogen (secondary N) is 2. The van der Waals surface area contributed by atoms with Crippen molar-refractivity contribution in [2.75, 3.05) is 11.9 Å². The molecule has 1 fully saturated rings. The monoisotopic (exact) mass is 330 g/mol. The maximum absolute atomic E-state index is 6.01. The van der Waals surface area contributed by atoms with Gasteiger partial charge in [-0.2, -0.15) is 0 Å². The first-order chi connectivity index (χ1) is 11.7. The molecule has 1 saturated carbocycles. The summed E-state index contributed by atoms with van der Waals surface area (Å²) in [5, 5.41) is 7.41. The molecule has 1 aromatic carbocycles. The number of benzene rings is 1. The fraction of sp³-hybridized carbons (Fsp3) is 0.714. The van der Waals surface area contributed by atoms with E-state index in [0.717, 1.165) is 30.8 Å². The Labute approximate surface area is 147 Å². The van der Waals surface area contributed by atoms with Crippen molar-refractivity contribution in [1.29, 1.82) is 0 Å². The van der Waals surface area contributed by atoms with E-state index in [1.54, 1.807) is 0 Å². The lowest BCUT2D eigenvalue weighted by atomic mass is 9.95. The Kier molecular flexibility index (Phi) is 6.42. The quantitative estimate of drug-likeness (QED) is 0.805. The van der Waals surface area contributed by atoms with Gasteiger partial charge < -0.3 is 15.4 Å². The van der Waals surface area contributed by atoms with E-state index < -0.39 is 0 Å². The second-order valence-electron chi connectivity index (χ2n) is 7.67. The topological polar surface area (TPSA) is 33.3 Å². The Balaban J connectivity index is 1.53. The van der Waals surface area contributed by atoms with E-state index >= 15 is 0 Å². The molecule has 2 unspecified atom stereocenters. The van der Waals surface area contributed by atoms with E-state index in [-0.39, 0.29) is 0 Å². The molecule has 0 amide bonds. The second kappa shape index (κ2) is 8.75. The summed E-state index contributed by atoms with van der Waals surface area (Å²) in [4.78, 5) is 0. The zero-order valence-electron chi connectivity index (χ0n) is 15.4. The molecule has 0 bridgehead atoms. The fourth-order valence-electron chi connectivity index (χ4n) is 4.06. The Morgan fingerprint density at radius 1 is 1.17 bits per heavy atom. The normalized spacial score (nSPS) is 23.3. The zero-order valence-corrected chi connectivity index (χ0v) is 15.4. The third kappa shape index (κ3) is 4.89. The molecule has 1 aromatic rings. The molecule has 2 atom stereocenters. The maximum atomic E-state index is 6.01. The van der Waals surface area contributed by atoms with Crippen LogP contribution in [0.15, 0.2) is 18.2 Å². The summed E-state index contributed by atoms with van der Waals surface area (Å²) >= 11 is 0. The minimum absolute atomic E-state index is 0.309. The van der Waals surface area contributed by atoms with Crippen molar-refractivity contribution in [3.8, 4) is 5.75 Å². The summed E-state index contributed by atoms with van der Waals surface area (Å²) in [6.07, 6.45) is 12.2. The van der Waals surface area contributed by atoms with Crippen LogP contribution in [-0.4, -0.2) is 24.7 Å². The van der Waals surface area contributed by atoms with E-state index in [9.17, 15) is 0 Å². The minimum atomic E-state index is 0.309. The Morgan fingerprint density at radius 3 is 2.67 bits per heavy atom. The van der Waals surface area contributed by atoms with Gasteiger partial charge in [-0.25, -0.2) is 0 Å². The van der Waals surface area contributed by atoms with Crippen LogP contribution in [0.3, 0.4) is 0 Å². The van der Waals surface area contributed by atoms with Gasteiger partial charge in [0.2, 0.25) is 0 Å². The van der Waals surface area contributed by atoms with Crippen LogP contribution in [0, 0.1) is 0 Å². The molecule has 1 aliphatic carbocycles. The molecule has 0 spiro atoms. The number of hydrogen-bond donors (Lipinski definition) is 2. The predicted octanol–water partition coefficient (Wildman–Crippen LogP) is 4.90. The van der Waals surface area contributed by atoms with Crippen LogP contribution in [0.4, 0.5) is 5.69 Å². The molecule has 24 heavy (non-hydrogen) atoms. The van der Waals surface area contributed by atoms with E-state index in [4.69, 9.17) is 4.74 Å². The molecule has 0 aromatic heterocycles.